The quantitative estimate of drug-likeness (QED) is 0.833. The van der Waals surface area contributed by atoms with Crippen LogP contribution >= 0.6 is 24.0 Å². The largest absolute Gasteiger partial charge is 0.366 e. The molecule has 2 fully saturated rings. The summed E-state index contributed by atoms with van der Waals surface area (Å²) in [4.78, 5) is 19.1. The predicted octanol–water partition coefficient (Wildman–Crippen LogP) is 2.51. The molecule has 4 rings (SSSR count). The summed E-state index contributed by atoms with van der Waals surface area (Å²) in [6, 6.07) is 7.32. The van der Waals surface area contributed by atoms with Crippen LogP contribution in [0.25, 0.3) is 11.4 Å². The summed E-state index contributed by atoms with van der Waals surface area (Å²) in [6.07, 6.45) is 1.44. The molecule has 146 valence electrons. The highest BCUT2D eigenvalue weighted by Gasteiger charge is 2.33. The zero-order chi connectivity index (χ0) is 17.9. The first-order valence-electron chi connectivity index (χ1n) is 8.91. The van der Waals surface area contributed by atoms with E-state index < -0.39 is 6.10 Å². The van der Waals surface area contributed by atoms with Crippen LogP contribution in [0.2, 0.25) is 5.02 Å². The maximum atomic E-state index is 12.7. The summed E-state index contributed by atoms with van der Waals surface area (Å²) in [7, 11) is 0. The van der Waals surface area contributed by atoms with Gasteiger partial charge in [0.25, 0.3) is 5.91 Å². The number of ether oxygens (including phenoxy) is 1. The number of amides is 1. The molecule has 2 aromatic rings. The number of rotatable bonds is 3. The molecule has 0 aliphatic carbocycles. The Bertz CT molecular complexity index is 762. The number of morpholine rings is 1. The SMILES string of the molecule is Cl.O=C(C1CNCCO1)N1CCCC(c2nc(-c3ccc(Cl)cc3)no2)C1. The van der Waals surface area contributed by atoms with Gasteiger partial charge in [0.05, 0.1) is 12.5 Å². The average Bonchev–Trinajstić information content (AvgIpc) is 3.19. The van der Waals surface area contributed by atoms with Crippen molar-refractivity contribution in [3.8, 4) is 11.4 Å². The molecule has 1 N–H and O–H groups in total. The molecule has 0 spiro atoms. The van der Waals surface area contributed by atoms with E-state index in [1.54, 1.807) is 12.1 Å². The van der Waals surface area contributed by atoms with Gasteiger partial charge in [0.2, 0.25) is 11.7 Å². The number of hydrogen-bond acceptors (Lipinski definition) is 6. The van der Waals surface area contributed by atoms with Crippen molar-refractivity contribution in [3.05, 3.63) is 35.2 Å². The summed E-state index contributed by atoms with van der Waals surface area (Å²) in [5.41, 5.74) is 0.856. The minimum absolute atomic E-state index is 0. The molecule has 2 unspecified atom stereocenters. The van der Waals surface area contributed by atoms with Gasteiger partial charge in [-0.15, -0.1) is 12.4 Å². The minimum Gasteiger partial charge on any atom is -0.366 e. The number of halogens is 2. The number of carbonyl (C=O) groups excluding carboxylic acids is 1. The Morgan fingerprint density at radius 3 is 2.85 bits per heavy atom. The molecule has 0 radical (unpaired) electrons. The van der Waals surface area contributed by atoms with E-state index in [4.69, 9.17) is 20.9 Å². The molecule has 1 aromatic carbocycles. The Kier molecular flexibility index (Phi) is 6.70. The molecule has 2 aliphatic rings. The second-order valence-electron chi connectivity index (χ2n) is 6.65. The number of nitrogens with zero attached hydrogens (tertiary/aromatic N) is 3. The van der Waals surface area contributed by atoms with Crippen molar-refractivity contribution in [1.29, 1.82) is 0 Å². The van der Waals surface area contributed by atoms with Crippen LogP contribution in [0.15, 0.2) is 28.8 Å². The summed E-state index contributed by atoms with van der Waals surface area (Å²) in [6.45, 7) is 3.26. The van der Waals surface area contributed by atoms with Gasteiger partial charge in [0, 0.05) is 36.8 Å². The first kappa shape index (κ1) is 20.1. The van der Waals surface area contributed by atoms with E-state index in [0.717, 1.165) is 31.5 Å². The smallest absolute Gasteiger partial charge is 0.253 e. The van der Waals surface area contributed by atoms with Gasteiger partial charge in [0.15, 0.2) is 0 Å². The summed E-state index contributed by atoms with van der Waals surface area (Å²) < 4.78 is 11.1. The number of carbonyl (C=O) groups is 1. The lowest BCUT2D eigenvalue weighted by molar-refractivity contribution is -0.146. The van der Waals surface area contributed by atoms with Crippen LogP contribution in [0.5, 0.6) is 0 Å². The van der Waals surface area contributed by atoms with Gasteiger partial charge in [-0.2, -0.15) is 4.98 Å². The van der Waals surface area contributed by atoms with E-state index in [2.05, 4.69) is 15.5 Å². The molecule has 0 saturated carbocycles. The Morgan fingerprint density at radius 1 is 1.30 bits per heavy atom. The van der Waals surface area contributed by atoms with Gasteiger partial charge in [-0.25, -0.2) is 0 Å². The zero-order valence-electron chi connectivity index (χ0n) is 14.8. The number of likely N-dealkylation sites (tertiary alicyclic amines) is 1. The lowest BCUT2D eigenvalue weighted by Gasteiger charge is -2.34. The van der Waals surface area contributed by atoms with Crippen molar-refractivity contribution in [2.24, 2.45) is 0 Å². The third kappa shape index (κ3) is 4.60. The van der Waals surface area contributed by atoms with E-state index in [0.29, 0.717) is 36.4 Å². The van der Waals surface area contributed by atoms with Gasteiger partial charge >= 0.3 is 0 Å². The van der Waals surface area contributed by atoms with Crippen molar-refractivity contribution in [2.75, 3.05) is 32.8 Å². The van der Waals surface area contributed by atoms with Crippen molar-refractivity contribution in [2.45, 2.75) is 24.9 Å². The monoisotopic (exact) mass is 412 g/mol. The van der Waals surface area contributed by atoms with Gasteiger partial charge in [0.1, 0.15) is 6.10 Å². The van der Waals surface area contributed by atoms with Crippen LogP contribution in [0, 0.1) is 0 Å². The van der Waals surface area contributed by atoms with Crippen molar-refractivity contribution in [1.82, 2.24) is 20.4 Å². The fourth-order valence-electron chi connectivity index (χ4n) is 3.42. The standard InChI is InChI=1S/C18H21ClN4O3.ClH/c19-14-5-3-12(4-6-14)16-21-17(26-22-16)13-2-1-8-23(11-13)18(24)15-10-20-7-9-25-15;/h3-6,13,15,20H,1-2,7-11H2;1H. The van der Waals surface area contributed by atoms with Crippen molar-refractivity contribution in [3.63, 3.8) is 0 Å². The maximum Gasteiger partial charge on any atom is 0.253 e. The molecular formula is C18H22Cl2N4O3. The highest BCUT2D eigenvalue weighted by atomic mass is 35.5. The van der Waals surface area contributed by atoms with Gasteiger partial charge in [-0.05, 0) is 37.1 Å². The maximum absolute atomic E-state index is 12.7. The molecule has 3 heterocycles. The number of nitrogens with one attached hydrogen (secondary N) is 1. The molecule has 7 nitrogen and oxygen atoms in total. The normalized spacial score (nSPS) is 22.9. The Labute approximate surface area is 168 Å². The Morgan fingerprint density at radius 2 is 2.11 bits per heavy atom. The molecule has 1 aromatic heterocycles. The highest BCUT2D eigenvalue weighted by molar-refractivity contribution is 6.30. The fraction of sp³-hybridized carbons (Fsp3) is 0.500. The van der Waals surface area contributed by atoms with Crippen LogP contribution in [0.4, 0.5) is 0 Å². The Hall–Kier alpha value is -1.67. The summed E-state index contributed by atoms with van der Waals surface area (Å²) in [5.74, 6) is 1.22. The van der Waals surface area contributed by atoms with Gasteiger partial charge in [-0.3, -0.25) is 4.79 Å². The molecule has 1 amide bonds. The molecular weight excluding hydrogens is 391 g/mol. The third-order valence-corrected chi connectivity index (χ3v) is 5.08. The second-order valence-corrected chi connectivity index (χ2v) is 7.09. The van der Waals surface area contributed by atoms with E-state index in [1.807, 2.05) is 17.0 Å². The highest BCUT2D eigenvalue weighted by Crippen LogP contribution is 2.28. The van der Waals surface area contributed by atoms with Gasteiger partial charge in [-0.1, -0.05) is 16.8 Å². The van der Waals surface area contributed by atoms with Crippen LogP contribution < -0.4 is 5.32 Å². The summed E-state index contributed by atoms with van der Waals surface area (Å²) >= 11 is 5.92. The van der Waals surface area contributed by atoms with Crippen LogP contribution in [0.1, 0.15) is 24.7 Å². The van der Waals surface area contributed by atoms with Crippen LogP contribution in [-0.4, -0.2) is 59.8 Å². The molecule has 27 heavy (non-hydrogen) atoms. The molecule has 2 atom stereocenters. The molecule has 9 heteroatoms. The second kappa shape index (κ2) is 9.01. The average molecular weight is 413 g/mol. The number of aromatic nitrogens is 2. The number of hydrogen-bond donors (Lipinski definition) is 1. The first-order valence-corrected chi connectivity index (χ1v) is 9.29. The van der Waals surface area contributed by atoms with Crippen molar-refractivity contribution >= 4 is 29.9 Å². The first-order chi connectivity index (χ1) is 12.7. The lowest BCUT2D eigenvalue weighted by Crippen LogP contribution is -2.51. The van der Waals surface area contributed by atoms with E-state index >= 15 is 0 Å². The van der Waals surface area contributed by atoms with Crippen molar-refractivity contribution < 1.29 is 14.1 Å². The number of benzene rings is 1. The zero-order valence-corrected chi connectivity index (χ0v) is 16.3. The number of piperidine rings is 1. The Balaban J connectivity index is 0.00000210. The lowest BCUT2D eigenvalue weighted by atomic mass is 9.97. The third-order valence-electron chi connectivity index (χ3n) is 4.83. The van der Waals surface area contributed by atoms with Crippen LogP contribution in [-0.2, 0) is 9.53 Å². The molecule has 0 bridgehead atoms. The molecule has 2 aliphatic heterocycles. The predicted molar refractivity (Wildman–Crippen MR) is 103 cm³/mol. The van der Waals surface area contributed by atoms with Gasteiger partial charge < -0.3 is 19.5 Å². The fourth-order valence-corrected chi connectivity index (χ4v) is 3.55. The minimum atomic E-state index is -0.394. The molecule has 2 saturated heterocycles. The topological polar surface area (TPSA) is 80.5 Å². The van der Waals surface area contributed by atoms with Crippen LogP contribution in [0.3, 0.4) is 0 Å². The van der Waals surface area contributed by atoms with E-state index in [9.17, 15) is 4.79 Å². The van der Waals surface area contributed by atoms with E-state index in [1.165, 1.54) is 0 Å². The van der Waals surface area contributed by atoms with E-state index in [-0.39, 0.29) is 24.2 Å². The summed E-state index contributed by atoms with van der Waals surface area (Å²) in [5, 5.41) is 7.95.